The molecule has 0 radical (unpaired) electrons. The van der Waals surface area contributed by atoms with Gasteiger partial charge >= 0.3 is 0 Å². The predicted molar refractivity (Wildman–Crippen MR) is 181 cm³/mol. The fourth-order valence-electron chi connectivity index (χ4n) is 6.87. The van der Waals surface area contributed by atoms with E-state index >= 15 is 4.79 Å². The smallest absolute Gasteiger partial charge is 0.227 e. The molecule has 0 amide bonds. The second-order valence-electron chi connectivity index (χ2n) is 11.3. The van der Waals surface area contributed by atoms with E-state index in [9.17, 15) is 0 Å². The number of benzene rings is 4. The predicted octanol–water partition coefficient (Wildman–Crippen LogP) is 10.6. The summed E-state index contributed by atoms with van der Waals surface area (Å²) >= 11 is 39.4. The fourth-order valence-corrected chi connectivity index (χ4v) is 8.30. The number of hydrogen-bond donors (Lipinski definition) is 0. The van der Waals surface area contributed by atoms with E-state index in [4.69, 9.17) is 79.3 Å². The zero-order valence-corrected chi connectivity index (χ0v) is 27.8. The van der Waals surface area contributed by atoms with Crippen LogP contribution in [-0.2, 0) is 14.5 Å². The van der Waals surface area contributed by atoms with Crippen molar-refractivity contribution in [3.63, 3.8) is 0 Å². The first-order chi connectivity index (χ1) is 21.7. The summed E-state index contributed by atoms with van der Waals surface area (Å²) in [6.45, 7) is 0. The number of oxime groups is 2. The van der Waals surface area contributed by atoms with Crippen LogP contribution in [0.15, 0.2) is 95.2 Å². The van der Waals surface area contributed by atoms with E-state index < -0.39 is 23.0 Å². The molecule has 7 rings (SSSR count). The Morgan fingerprint density at radius 2 is 0.911 bits per heavy atom. The average Bonchev–Trinajstić information content (AvgIpc) is 3.57. The van der Waals surface area contributed by atoms with Gasteiger partial charge in [-0.15, -0.1) is 0 Å². The second-order valence-corrected chi connectivity index (χ2v) is 13.8. The number of halogens is 6. The van der Waals surface area contributed by atoms with Crippen molar-refractivity contribution in [1.29, 1.82) is 0 Å². The maximum atomic E-state index is 15.4. The van der Waals surface area contributed by atoms with E-state index in [1.165, 1.54) is 0 Å². The minimum absolute atomic E-state index is 0.315. The summed E-state index contributed by atoms with van der Waals surface area (Å²) < 4.78 is 0. The Hall–Kier alpha value is -2.77. The van der Waals surface area contributed by atoms with Gasteiger partial charge in [0.05, 0.1) is 31.9 Å². The molecule has 0 saturated heterocycles. The first-order valence-electron chi connectivity index (χ1n) is 14.1. The van der Waals surface area contributed by atoms with Gasteiger partial charge in [0.1, 0.15) is 11.4 Å². The summed E-state index contributed by atoms with van der Waals surface area (Å²) in [6.07, 6.45) is 1.27. The highest BCUT2D eigenvalue weighted by Crippen LogP contribution is 2.56. The molecule has 3 aliphatic rings. The molecular formula is C34H22Cl6N2O3. The third-order valence-corrected chi connectivity index (χ3v) is 10.6. The van der Waals surface area contributed by atoms with Crippen LogP contribution in [0.25, 0.3) is 0 Å². The summed E-state index contributed by atoms with van der Waals surface area (Å²) in [6, 6.07) is 24.9. The summed E-state index contributed by atoms with van der Waals surface area (Å²) in [5.41, 5.74) is 0.414. The van der Waals surface area contributed by atoms with Crippen molar-refractivity contribution in [2.75, 3.05) is 0 Å². The van der Waals surface area contributed by atoms with Crippen molar-refractivity contribution >= 4 is 86.8 Å². The van der Waals surface area contributed by atoms with Crippen LogP contribution in [0, 0.1) is 0 Å². The van der Waals surface area contributed by atoms with Crippen molar-refractivity contribution in [2.45, 2.75) is 42.3 Å². The molecule has 0 unspecified atom stereocenters. The van der Waals surface area contributed by atoms with Gasteiger partial charge < -0.3 is 9.68 Å². The van der Waals surface area contributed by atoms with Crippen molar-refractivity contribution in [3.8, 4) is 0 Å². The number of carbonyl (C=O) groups excluding carboxylic acids is 1. The second kappa shape index (κ2) is 11.8. The first-order valence-corrected chi connectivity index (χ1v) is 16.4. The molecule has 228 valence electrons. The van der Waals surface area contributed by atoms with Crippen molar-refractivity contribution < 1.29 is 14.5 Å². The standard InChI is InChI=1S/C34H22Cl6N2O3/c35-20-12-8-18(9-13-20)28-30(26-22(37)4-1-5-23(26)38)41-44-33(28)16-3-17-34(32(33)43)29(19-10-14-21(36)15-11-19)31(42-45-34)27-24(39)6-2-7-25(27)40/h1-2,4-15,28-29H,3,16-17H2/t28-,29-,33-,34-/m0/s1. The Morgan fingerprint density at radius 3 is 1.27 bits per heavy atom. The van der Waals surface area contributed by atoms with Crippen LogP contribution in [0.5, 0.6) is 0 Å². The molecule has 1 aliphatic carbocycles. The highest BCUT2D eigenvalue weighted by atomic mass is 35.5. The van der Waals surface area contributed by atoms with Crippen LogP contribution in [0.3, 0.4) is 0 Å². The van der Waals surface area contributed by atoms with Crippen LogP contribution in [-0.4, -0.2) is 28.4 Å². The molecule has 4 aromatic carbocycles. The molecule has 5 nitrogen and oxygen atoms in total. The van der Waals surface area contributed by atoms with Gasteiger partial charge in [-0.05, 0) is 78.9 Å². The van der Waals surface area contributed by atoms with E-state index in [1.54, 1.807) is 60.7 Å². The Bertz CT molecular complexity index is 1720. The molecule has 45 heavy (non-hydrogen) atoms. The minimum Gasteiger partial charge on any atom is -0.380 e. The van der Waals surface area contributed by atoms with E-state index in [0.29, 0.717) is 71.9 Å². The first kappa shape index (κ1) is 30.9. The molecule has 2 spiro atoms. The van der Waals surface area contributed by atoms with Gasteiger partial charge in [0, 0.05) is 21.2 Å². The van der Waals surface area contributed by atoms with Crippen LogP contribution < -0.4 is 0 Å². The summed E-state index contributed by atoms with van der Waals surface area (Å²) in [4.78, 5) is 28.0. The van der Waals surface area contributed by atoms with E-state index in [-0.39, 0.29) is 5.78 Å². The molecule has 11 heteroatoms. The summed E-state index contributed by atoms with van der Waals surface area (Å²) in [7, 11) is 0. The largest absolute Gasteiger partial charge is 0.380 e. The highest BCUT2D eigenvalue weighted by Gasteiger charge is 2.69. The lowest BCUT2D eigenvalue weighted by molar-refractivity contribution is -0.177. The summed E-state index contributed by atoms with van der Waals surface area (Å²) in [5.74, 6) is -1.71. The SMILES string of the molecule is O=C1[C@@]2(CCC[C@@]13ON=C(c1c(Cl)cccc1Cl)[C@@H]3c1ccc(Cl)cc1)ON=C(c1c(Cl)cccc1Cl)[C@@H]2c1ccc(Cl)cc1. The lowest BCUT2D eigenvalue weighted by Gasteiger charge is -2.44. The normalized spacial score (nSPS) is 25.7. The topological polar surface area (TPSA) is 60.2 Å². The van der Waals surface area contributed by atoms with E-state index in [0.717, 1.165) is 11.1 Å². The quantitative estimate of drug-likeness (QED) is 0.211. The van der Waals surface area contributed by atoms with Crippen LogP contribution in [0.2, 0.25) is 30.1 Å². The van der Waals surface area contributed by atoms with Crippen molar-refractivity contribution in [3.05, 3.63) is 137 Å². The van der Waals surface area contributed by atoms with Gasteiger partial charge in [-0.3, -0.25) is 4.79 Å². The molecule has 2 heterocycles. The lowest BCUT2D eigenvalue weighted by atomic mass is 9.60. The maximum Gasteiger partial charge on any atom is 0.227 e. The molecule has 1 fully saturated rings. The monoisotopic (exact) mass is 716 g/mol. The summed E-state index contributed by atoms with van der Waals surface area (Å²) in [5, 5.41) is 11.7. The Kier molecular flexibility index (Phi) is 8.09. The molecule has 2 aliphatic heterocycles. The fraction of sp³-hybridized carbons (Fsp3) is 0.206. The number of ketones is 1. The molecule has 0 N–H and O–H groups in total. The molecule has 1 saturated carbocycles. The third-order valence-electron chi connectivity index (χ3n) is 8.80. The lowest BCUT2D eigenvalue weighted by Crippen LogP contribution is -2.61. The number of Topliss-reactive ketones (excluding diaryl/α,β-unsaturated/α-hetero) is 1. The van der Waals surface area contributed by atoms with Gasteiger partial charge in [0.15, 0.2) is 0 Å². The average molecular weight is 719 g/mol. The molecule has 4 atom stereocenters. The van der Waals surface area contributed by atoms with Crippen molar-refractivity contribution in [1.82, 2.24) is 0 Å². The zero-order valence-electron chi connectivity index (χ0n) is 23.2. The number of rotatable bonds is 4. The highest BCUT2D eigenvalue weighted by molar-refractivity contribution is 6.42. The van der Waals surface area contributed by atoms with Crippen molar-refractivity contribution in [2.24, 2.45) is 10.3 Å². The number of carbonyl (C=O) groups is 1. The molecule has 0 bridgehead atoms. The molecular weight excluding hydrogens is 697 g/mol. The van der Waals surface area contributed by atoms with Gasteiger partial charge in [0.2, 0.25) is 17.0 Å². The van der Waals surface area contributed by atoms with Gasteiger partial charge in [-0.2, -0.15) is 0 Å². The van der Waals surface area contributed by atoms with Crippen LogP contribution >= 0.6 is 69.6 Å². The third kappa shape index (κ3) is 4.95. The molecule has 4 aromatic rings. The Balaban J connectivity index is 1.41. The number of nitrogens with zero attached hydrogens (tertiary/aromatic N) is 2. The van der Waals surface area contributed by atoms with Crippen LogP contribution in [0.1, 0.15) is 53.4 Å². The zero-order chi connectivity index (χ0) is 31.5. The van der Waals surface area contributed by atoms with Gasteiger partial charge in [-0.25, -0.2) is 0 Å². The van der Waals surface area contributed by atoms with Gasteiger partial charge in [0.25, 0.3) is 0 Å². The Labute approximate surface area is 289 Å². The van der Waals surface area contributed by atoms with E-state index in [2.05, 4.69) is 10.3 Å². The Morgan fingerprint density at radius 1 is 0.556 bits per heavy atom. The van der Waals surface area contributed by atoms with Gasteiger partial charge in [-0.1, -0.05) is 116 Å². The maximum absolute atomic E-state index is 15.4. The molecule has 0 aromatic heterocycles. The van der Waals surface area contributed by atoms with Crippen LogP contribution in [0.4, 0.5) is 0 Å². The van der Waals surface area contributed by atoms with E-state index in [1.807, 2.05) is 24.3 Å². The minimum atomic E-state index is -1.48. The number of hydrogen-bond acceptors (Lipinski definition) is 5.